The van der Waals surface area contributed by atoms with Crippen LogP contribution in [0.25, 0.3) is 32.4 Å². The number of nitrogens with one attached hydrogen (secondary N) is 1. The highest BCUT2D eigenvalue weighted by atomic mass is 16.7. The maximum absolute atomic E-state index is 13.7. The Labute approximate surface area is 249 Å². The highest BCUT2D eigenvalue weighted by Crippen LogP contribution is 2.41. The van der Waals surface area contributed by atoms with Crippen LogP contribution in [0, 0.1) is 0 Å². The van der Waals surface area contributed by atoms with Gasteiger partial charge < -0.3 is 33.9 Å². The van der Waals surface area contributed by atoms with Gasteiger partial charge in [0.2, 0.25) is 12.7 Å². The van der Waals surface area contributed by atoms with Gasteiger partial charge in [-0.2, -0.15) is 0 Å². The predicted octanol–water partition coefficient (Wildman–Crippen LogP) is 5.02. The Bertz CT molecular complexity index is 2070. The van der Waals surface area contributed by atoms with E-state index in [1.165, 1.54) is 25.1 Å². The number of pyridine rings is 1. The molecule has 0 fully saturated rings. The van der Waals surface area contributed by atoms with E-state index in [4.69, 9.17) is 24.1 Å². The molecule has 2 amide bonds. The number of fused-ring (bicyclic) bond motifs is 6. The second-order valence-electron chi connectivity index (χ2n) is 10.2. The molecule has 6 rings (SSSR count). The number of ether oxygens (including phenoxy) is 4. The minimum Gasteiger partial charge on any atom is -0.493 e. The minimum absolute atomic E-state index is 0.0282. The van der Waals surface area contributed by atoms with Crippen LogP contribution in [-0.2, 0) is 16.6 Å². The van der Waals surface area contributed by atoms with E-state index in [0.717, 1.165) is 16.2 Å². The molecule has 2 heterocycles. The Hall–Kier alpha value is -5.78. The summed E-state index contributed by atoms with van der Waals surface area (Å²) in [5.74, 6) is -0.108. The van der Waals surface area contributed by atoms with Gasteiger partial charge in [0.25, 0.3) is 5.56 Å². The lowest BCUT2D eigenvalue weighted by Crippen LogP contribution is -2.30. The number of carbonyl (C=O) groups excluding carboxylic acids is 2. The largest absolute Gasteiger partial charge is 0.493 e. The van der Waals surface area contributed by atoms with Crippen molar-refractivity contribution in [1.82, 2.24) is 4.57 Å². The molecule has 0 unspecified atom stereocenters. The molecule has 1 aliphatic rings. The highest BCUT2D eigenvalue weighted by Gasteiger charge is 2.23. The van der Waals surface area contributed by atoms with E-state index in [1.54, 1.807) is 41.9 Å². The number of anilines is 2. The number of aliphatic carboxylic acids is 1. The second kappa shape index (κ2) is 11.1. The molecule has 5 aromatic rings. The first-order valence-electron chi connectivity index (χ1n) is 13.6. The lowest BCUT2D eigenvalue weighted by atomic mass is 10.00. The van der Waals surface area contributed by atoms with Gasteiger partial charge in [-0.25, -0.2) is 4.79 Å². The summed E-state index contributed by atoms with van der Waals surface area (Å²) in [7, 11) is 4.57. The minimum atomic E-state index is -1.09. The zero-order valence-corrected chi connectivity index (χ0v) is 24.0. The number of amides is 2. The lowest BCUT2D eigenvalue weighted by Gasteiger charge is -2.21. The number of aromatic nitrogens is 1. The van der Waals surface area contributed by atoms with Gasteiger partial charge in [-0.15, -0.1) is 0 Å². The first-order chi connectivity index (χ1) is 21.2. The average Bonchev–Trinajstić information content (AvgIpc) is 3.48. The summed E-state index contributed by atoms with van der Waals surface area (Å²) in [6, 6.07) is 17.3. The van der Waals surface area contributed by atoms with Crippen LogP contribution in [0.1, 0.15) is 12.8 Å². The molecule has 12 heteroatoms. The van der Waals surface area contributed by atoms with Crippen molar-refractivity contribution < 1.29 is 38.4 Å². The summed E-state index contributed by atoms with van der Waals surface area (Å²) in [4.78, 5) is 51.3. The molecule has 0 radical (unpaired) electrons. The van der Waals surface area contributed by atoms with Crippen LogP contribution >= 0.6 is 0 Å². The lowest BCUT2D eigenvalue weighted by molar-refractivity contribution is -0.138. The predicted molar refractivity (Wildman–Crippen MR) is 163 cm³/mol. The fourth-order valence-corrected chi connectivity index (χ4v) is 5.32. The van der Waals surface area contributed by atoms with E-state index in [-0.39, 0.29) is 36.7 Å². The summed E-state index contributed by atoms with van der Waals surface area (Å²) in [6.45, 7) is 0.131. The molecule has 0 bridgehead atoms. The number of carboxylic acids is 1. The van der Waals surface area contributed by atoms with Crippen molar-refractivity contribution in [1.29, 1.82) is 0 Å². The van der Waals surface area contributed by atoms with Crippen molar-refractivity contribution in [3.05, 3.63) is 71.0 Å². The van der Waals surface area contributed by atoms with E-state index < -0.39 is 18.0 Å². The third-order valence-corrected chi connectivity index (χ3v) is 7.53. The fraction of sp³-hybridized carbons (Fsp3) is 0.188. The number of hydrogen-bond acceptors (Lipinski definition) is 8. The molecule has 1 aliphatic heterocycles. The zero-order chi connectivity index (χ0) is 31.1. The number of aryl methyl sites for hydroxylation is 1. The molecule has 0 atom stereocenters. The Morgan fingerprint density at radius 3 is 2.41 bits per heavy atom. The molecule has 0 aliphatic carbocycles. The highest BCUT2D eigenvalue weighted by molar-refractivity contribution is 6.16. The van der Waals surface area contributed by atoms with Gasteiger partial charge in [-0.1, -0.05) is 24.3 Å². The third kappa shape index (κ3) is 4.96. The number of hydrogen-bond donors (Lipinski definition) is 2. The molecule has 12 nitrogen and oxygen atoms in total. The first kappa shape index (κ1) is 28.3. The van der Waals surface area contributed by atoms with Gasteiger partial charge in [0.15, 0.2) is 23.0 Å². The summed E-state index contributed by atoms with van der Waals surface area (Å²) >= 11 is 0. The molecule has 2 N–H and O–H groups in total. The van der Waals surface area contributed by atoms with Gasteiger partial charge in [0, 0.05) is 36.7 Å². The molecule has 1 aromatic heterocycles. The van der Waals surface area contributed by atoms with Crippen LogP contribution in [0.4, 0.5) is 16.2 Å². The van der Waals surface area contributed by atoms with Crippen LogP contribution in [-0.4, -0.2) is 48.6 Å². The summed E-state index contributed by atoms with van der Waals surface area (Å²) in [5, 5.41) is 14.9. The van der Waals surface area contributed by atoms with Crippen molar-refractivity contribution in [2.75, 3.05) is 31.2 Å². The average molecular weight is 598 g/mol. The van der Waals surface area contributed by atoms with E-state index in [0.29, 0.717) is 39.2 Å². The van der Waals surface area contributed by atoms with Crippen LogP contribution in [0.5, 0.6) is 23.0 Å². The van der Waals surface area contributed by atoms with Gasteiger partial charge in [-0.05, 0) is 41.8 Å². The second-order valence-corrected chi connectivity index (χ2v) is 10.2. The smallest absolute Gasteiger partial charge is 0.419 e. The molecule has 44 heavy (non-hydrogen) atoms. The monoisotopic (exact) mass is 597 g/mol. The van der Waals surface area contributed by atoms with E-state index in [9.17, 15) is 19.2 Å². The number of rotatable bonds is 7. The van der Waals surface area contributed by atoms with Crippen LogP contribution in [0.3, 0.4) is 0 Å². The molecule has 224 valence electrons. The number of carbonyl (C=O) groups is 3. The van der Waals surface area contributed by atoms with Crippen LogP contribution in [0.2, 0.25) is 0 Å². The number of nitrogens with zero attached hydrogens (tertiary/aromatic N) is 2. The van der Waals surface area contributed by atoms with Gasteiger partial charge in [0.05, 0.1) is 35.8 Å². The standard InChI is InChI=1S/C32H27N3O9/c1-34(23-7-5-4-6-22(23)33-28(36)10-11-29(37)38)32(40)44-27-15-21-20(14-24(27)41-3)18-9-8-17-12-25-26(43-16-42-25)13-19(17)30(18)35(2)31(21)39/h4-9,12-15H,10-11,16H2,1-3H3,(H,33,36)(H,37,38). The van der Waals surface area contributed by atoms with Gasteiger partial charge >= 0.3 is 12.1 Å². The van der Waals surface area contributed by atoms with Crippen molar-refractivity contribution in [3.8, 4) is 23.0 Å². The van der Waals surface area contributed by atoms with Gasteiger partial charge in [-0.3, -0.25) is 19.3 Å². The summed E-state index contributed by atoms with van der Waals surface area (Å²) in [5.41, 5.74) is 1.01. The van der Waals surface area contributed by atoms with E-state index in [2.05, 4.69) is 5.32 Å². The number of para-hydroxylation sites is 2. The Balaban J connectivity index is 1.37. The molecule has 0 saturated carbocycles. The first-order valence-corrected chi connectivity index (χ1v) is 13.6. The quantitative estimate of drug-likeness (QED) is 0.247. The van der Waals surface area contributed by atoms with Crippen molar-refractivity contribution in [2.45, 2.75) is 12.8 Å². The summed E-state index contributed by atoms with van der Waals surface area (Å²) in [6.07, 6.45) is -1.37. The SMILES string of the molecule is COc1cc2c(cc1OC(=O)N(C)c1ccccc1NC(=O)CCC(=O)O)c(=O)n(C)c1c3cc4c(cc3ccc21)OCO4. The molecular weight excluding hydrogens is 570 g/mol. The normalized spacial score (nSPS) is 12.0. The van der Waals surface area contributed by atoms with E-state index in [1.807, 2.05) is 24.3 Å². The van der Waals surface area contributed by atoms with Crippen molar-refractivity contribution >= 4 is 61.8 Å². The number of methoxy groups -OCH3 is 1. The molecule has 0 saturated heterocycles. The van der Waals surface area contributed by atoms with Crippen molar-refractivity contribution in [2.24, 2.45) is 7.05 Å². The fourth-order valence-electron chi connectivity index (χ4n) is 5.32. The summed E-state index contributed by atoms with van der Waals surface area (Å²) < 4.78 is 23.9. The molecule has 0 spiro atoms. The van der Waals surface area contributed by atoms with E-state index >= 15 is 0 Å². The zero-order valence-electron chi connectivity index (χ0n) is 24.0. The number of carboxylic acid groups (broad SMARTS) is 1. The molecular formula is C32H27N3O9. The number of benzene rings is 4. The maximum atomic E-state index is 13.7. The Kier molecular flexibility index (Phi) is 7.17. The van der Waals surface area contributed by atoms with Crippen LogP contribution < -0.4 is 34.7 Å². The maximum Gasteiger partial charge on any atom is 0.419 e. The van der Waals surface area contributed by atoms with Crippen LogP contribution in [0.15, 0.2) is 65.5 Å². The third-order valence-electron chi connectivity index (χ3n) is 7.53. The molecule has 4 aromatic carbocycles. The Morgan fingerprint density at radius 2 is 1.66 bits per heavy atom. The van der Waals surface area contributed by atoms with Crippen molar-refractivity contribution in [3.63, 3.8) is 0 Å². The Morgan fingerprint density at radius 1 is 0.932 bits per heavy atom. The topological polar surface area (TPSA) is 146 Å². The van der Waals surface area contributed by atoms with Gasteiger partial charge in [0.1, 0.15) is 0 Å².